The number of benzene rings is 2. The Hall–Kier alpha value is -2.59. The van der Waals surface area contributed by atoms with Crippen LogP contribution >= 0.6 is 15.9 Å². The third-order valence-electron chi connectivity index (χ3n) is 3.95. The molecule has 29 heavy (non-hydrogen) atoms. The van der Waals surface area contributed by atoms with Crippen LogP contribution in [0.15, 0.2) is 70.3 Å². The molecule has 5 nitrogen and oxygen atoms in total. The average Bonchev–Trinajstić information content (AvgIpc) is 2.67. The van der Waals surface area contributed by atoms with Crippen LogP contribution in [0.3, 0.4) is 0 Å². The van der Waals surface area contributed by atoms with Crippen LogP contribution in [-0.2, 0) is 16.2 Å². The Labute approximate surface area is 173 Å². The largest absolute Gasteiger partial charge is 0.495 e. The van der Waals surface area contributed by atoms with Crippen molar-refractivity contribution in [1.29, 1.82) is 0 Å². The monoisotopic (exact) mass is 486 g/mol. The second kappa shape index (κ2) is 8.03. The molecule has 3 aromatic rings. The summed E-state index contributed by atoms with van der Waals surface area (Å²) < 4.78 is 73.4. The molecular formula is C19H14BrF3N2O3S. The van der Waals surface area contributed by atoms with Crippen molar-refractivity contribution >= 4 is 31.6 Å². The molecule has 0 spiro atoms. The summed E-state index contributed by atoms with van der Waals surface area (Å²) in [5.41, 5.74) is -0.801. The number of hydrogen-bond donors (Lipinski definition) is 1. The molecule has 10 heteroatoms. The quantitative estimate of drug-likeness (QED) is 0.528. The third-order valence-corrected chi connectivity index (χ3v) is 5.84. The summed E-state index contributed by atoms with van der Waals surface area (Å²) in [5.74, 6) is 0.118. The van der Waals surface area contributed by atoms with E-state index in [0.29, 0.717) is 4.47 Å². The lowest BCUT2D eigenvalue weighted by molar-refractivity contribution is -0.137. The van der Waals surface area contributed by atoms with Gasteiger partial charge in [0.2, 0.25) is 0 Å². The fraction of sp³-hybridized carbons (Fsp3) is 0.105. The van der Waals surface area contributed by atoms with Gasteiger partial charge in [-0.25, -0.2) is 8.42 Å². The number of ether oxygens (including phenoxy) is 1. The second-order valence-electron chi connectivity index (χ2n) is 5.91. The first kappa shape index (κ1) is 21.1. The Balaban J connectivity index is 2.01. The minimum Gasteiger partial charge on any atom is -0.495 e. The number of hydrogen-bond acceptors (Lipinski definition) is 4. The molecule has 1 heterocycles. The lowest BCUT2D eigenvalue weighted by Crippen LogP contribution is -2.14. The smallest absolute Gasteiger partial charge is 0.417 e. The number of sulfonamides is 1. The lowest BCUT2D eigenvalue weighted by Gasteiger charge is -2.14. The molecular weight excluding hydrogens is 473 g/mol. The summed E-state index contributed by atoms with van der Waals surface area (Å²) in [6.07, 6.45) is -2.11. The van der Waals surface area contributed by atoms with E-state index < -0.39 is 21.8 Å². The van der Waals surface area contributed by atoms with Crippen molar-refractivity contribution in [3.05, 3.63) is 71.0 Å². The van der Waals surface area contributed by atoms with E-state index in [-0.39, 0.29) is 27.5 Å². The molecule has 0 aliphatic heterocycles. The molecule has 0 saturated carbocycles. The molecule has 152 valence electrons. The third kappa shape index (κ3) is 4.70. The molecule has 0 radical (unpaired) electrons. The van der Waals surface area contributed by atoms with Gasteiger partial charge in [-0.05, 0) is 35.9 Å². The summed E-state index contributed by atoms with van der Waals surface area (Å²) in [6, 6.07) is 10.8. The van der Waals surface area contributed by atoms with Crippen LogP contribution in [0.2, 0.25) is 0 Å². The van der Waals surface area contributed by atoms with E-state index in [0.717, 1.165) is 6.07 Å². The summed E-state index contributed by atoms with van der Waals surface area (Å²) >= 11 is 3.21. The van der Waals surface area contributed by atoms with Crippen molar-refractivity contribution in [1.82, 2.24) is 4.98 Å². The van der Waals surface area contributed by atoms with Crippen LogP contribution in [0.25, 0.3) is 11.1 Å². The van der Waals surface area contributed by atoms with E-state index in [9.17, 15) is 21.6 Å². The number of halogens is 4. The van der Waals surface area contributed by atoms with Gasteiger partial charge in [0, 0.05) is 16.2 Å². The fourth-order valence-electron chi connectivity index (χ4n) is 2.70. The Morgan fingerprint density at radius 2 is 1.79 bits per heavy atom. The van der Waals surface area contributed by atoms with Gasteiger partial charge in [-0.1, -0.05) is 34.1 Å². The number of rotatable bonds is 5. The minimum atomic E-state index is -4.56. The summed E-state index contributed by atoms with van der Waals surface area (Å²) in [6.45, 7) is 0. The maximum Gasteiger partial charge on any atom is 0.417 e. The molecule has 3 rings (SSSR count). The predicted molar refractivity (Wildman–Crippen MR) is 106 cm³/mol. The normalized spacial score (nSPS) is 11.9. The first-order valence-corrected chi connectivity index (χ1v) is 10.4. The van der Waals surface area contributed by atoms with Crippen molar-refractivity contribution in [2.45, 2.75) is 11.1 Å². The SMILES string of the molecule is COc1ccc(Br)cc1S(=O)(=O)Nc1cncc(-c2ccccc2C(F)(F)F)c1. The molecule has 0 atom stereocenters. The molecule has 0 unspecified atom stereocenters. The maximum atomic E-state index is 13.3. The Kier molecular flexibility index (Phi) is 5.85. The number of pyridine rings is 1. The van der Waals surface area contributed by atoms with E-state index in [1.807, 2.05) is 0 Å². The van der Waals surface area contributed by atoms with E-state index in [1.165, 1.54) is 55.9 Å². The molecule has 1 aromatic heterocycles. The first-order valence-electron chi connectivity index (χ1n) is 8.10. The maximum absolute atomic E-state index is 13.3. The van der Waals surface area contributed by atoms with Crippen LogP contribution in [0.1, 0.15) is 5.56 Å². The van der Waals surface area contributed by atoms with Gasteiger partial charge in [0.15, 0.2) is 0 Å². The van der Waals surface area contributed by atoms with E-state index in [1.54, 1.807) is 6.07 Å². The number of nitrogens with zero attached hydrogens (tertiary/aromatic N) is 1. The first-order chi connectivity index (χ1) is 13.6. The van der Waals surface area contributed by atoms with Gasteiger partial charge in [0.05, 0.1) is 24.6 Å². The zero-order valence-corrected chi connectivity index (χ0v) is 17.3. The van der Waals surface area contributed by atoms with Crippen molar-refractivity contribution in [3.8, 4) is 16.9 Å². The Bertz CT molecular complexity index is 1150. The van der Waals surface area contributed by atoms with Crippen LogP contribution in [0, 0.1) is 0 Å². The molecule has 0 aliphatic carbocycles. The van der Waals surface area contributed by atoms with E-state index in [4.69, 9.17) is 4.74 Å². The number of alkyl halides is 3. The van der Waals surface area contributed by atoms with Crippen molar-refractivity contribution < 1.29 is 26.3 Å². The topological polar surface area (TPSA) is 68.3 Å². The zero-order chi connectivity index (χ0) is 21.2. The predicted octanol–water partition coefficient (Wildman–Crippen LogP) is 5.34. The fourth-order valence-corrected chi connectivity index (χ4v) is 4.44. The van der Waals surface area contributed by atoms with Gasteiger partial charge in [0.1, 0.15) is 10.6 Å². The molecule has 0 amide bonds. The highest BCUT2D eigenvalue weighted by Gasteiger charge is 2.33. The highest BCUT2D eigenvalue weighted by Crippen LogP contribution is 2.37. The molecule has 0 fully saturated rings. The standard InChI is InChI=1S/C19H14BrF3N2O3S/c1-28-17-7-6-13(20)9-18(17)29(26,27)25-14-8-12(10-24-11-14)15-4-2-3-5-16(15)19(21,22)23/h2-11,25H,1H3. The Morgan fingerprint density at radius 1 is 1.07 bits per heavy atom. The average molecular weight is 487 g/mol. The van der Waals surface area contributed by atoms with Crippen molar-refractivity contribution in [3.63, 3.8) is 0 Å². The summed E-state index contributed by atoms with van der Waals surface area (Å²) in [5, 5.41) is 0. The number of aromatic nitrogens is 1. The van der Waals surface area contributed by atoms with Gasteiger partial charge in [-0.3, -0.25) is 9.71 Å². The molecule has 1 N–H and O–H groups in total. The summed E-state index contributed by atoms with van der Waals surface area (Å²) in [4.78, 5) is 3.76. The van der Waals surface area contributed by atoms with Gasteiger partial charge in [-0.15, -0.1) is 0 Å². The number of nitrogens with one attached hydrogen (secondary N) is 1. The van der Waals surface area contributed by atoms with Gasteiger partial charge in [-0.2, -0.15) is 13.2 Å². The molecule has 0 aliphatic rings. The minimum absolute atomic E-state index is 0.0153. The van der Waals surface area contributed by atoms with Crippen LogP contribution < -0.4 is 9.46 Å². The highest BCUT2D eigenvalue weighted by atomic mass is 79.9. The van der Waals surface area contributed by atoms with Crippen LogP contribution in [0.5, 0.6) is 5.75 Å². The van der Waals surface area contributed by atoms with Gasteiger partial charge in [0.25, 0.3) is 10.0 Å². The van der Waals surface area contributed by atoms with Crippen LogP contribution in [0.4, 0.5) is 18.9 Å². The highest BCUT2D eigenvalue weighted by molar-refractivity contribution is 9.10. The number of methoxy groups -OCH3 is 1. The Morgan fingerprint density at radius 3 is 2.48 bits per heavy atom. The van der Waals surface area contributed by atoms with Gasteiger partial charge < -0.3 is 4.74 Å². The molecule has 0 bridgehead atoms. The van der Waals surface area contributed by atoms with Crippen molar-refractivity contribution in [2.75, 3.05) is 11.8 Å². The second-order valence-corrected chi connectivity index (χ2v) is 8.47. The van der Waals surface area contributed by atoms with Gasteiger partial charge >= 0.3 is 6.18 Å². The van der Waals surface area contributed by atoms with Crippen LogP contribution in [-0.4, -0.2) is 20.5 Å². The zero-order valence-electron chi connectivity index (χ0n) is 14.9. The summed E-state index contributed by atoms with van der Waals surface area (Å²) in [7, 11) is -2.75. The number of anilines is 1. The van der Waals surface area contributed by atoms with E-state index in [2.05, 4.69) is 25.6 Å². The van der Waals surface area contributed by atoms with Crippen molar-refractivity contribution in [2.24, 2.45) is 0 Å². The lowest BCUT2D eigenvalue weighted by atomic mass is 10.0. The van der Waals surface area contributed by atoms with E-state index >= 15 is 0 Å². The molecule has 0 saturated heterocycles. The molecule has 2 aromatic carbocycles.